The normalized spacial score (nSPS) is 17.0. The number of amides is 1. The number of nitrogens with zero attached hydrogens (tertiary/aromatic N) is 1. The lowest BCUT2D eigenvalue weighted by molar-refractivity contribution is -0.384. The SMILES string of the molecule is O=C(COC(=O)[C@H]1CCCO1)Nc1ccc(Cl)c([N+](=O)[O-])c1. The van der Waals surface area contributed by atoms with Crippen molar-refractivity contribution in [3.05, 3.63) is 33.3 Å². The summed E-state index contributed by atoms with van der Waals surface area (Å²) in [7, 11) is 0. The zero-order valence-electron chi connectivity index (χ0n) is 11.4. The van der Waals surface area contributed by atoms with E-state index in [1.54, 1.807) is 0 Å². The van der Waals surface area contributed by atoms with Crippen molar-refractivity contribution >= 4 is 34.9 Å². The van der Waals surface area contributed by atoms with Crippen LogP contribution in [0.25, 0.3) is 0 Å². The van der Waals surface area contributed by atoms with Crippen LogP contribution in [0.1, 0.15) is 12.8 Å². The van der Waals surface area contributed by atoms with Gasteiger partial charge in [0.05, 0.1) is 4.92 Å². The highest BCUT2D eigenvalue weighted by molar-refractivity contribution is 6.32. The van der Waals surface area contributed by atoms with Crippen LogP contribution in [-0.2, 0) is 19.1 Å². The molecule has 1 N–H and O–H groups in total. The van der Waals surface area contributed by atoms with E-state index in [9.17, 15) is 19.7 Å². The molecule has 118 valence electrons. The summed E-state index contributed by atoms with van der Waals surface area (Å²) in [5.74, 6) is -1.20. The number of ether oxygens (including phenoxy) is 2. The number of hydrogen-bond acceptors (Lipinski definition) is 6. The summed E-state index contributed by atoms with van der Waals surface area (Å²) in [6.07, 6.45) is 0.731. The molecule has 1 aliphatic heterocycles. The number of nitro groups is 1. The maximum atomic E-state index is 11.7. The average molecular weight is 329 g/mol. The van der Waals surface area contributed by atoms with Gasteiger partial charge in [-0.2, -0.15) is 0 Å². The molecule has 1 heterocycles. The number of carbonyl (C=O) groups is 2. The number of hydrogen-bond donors (Lipinski definition) is 1. The molecule has 0 radical (unpaired) electrons. The van der Waals surface area contributed by atoms with Gasteiger partial charge < -0.3 is 14.8 Å². The number of benzene rings is 1. The van der Waals surface area contributed by atoms with Gasteiger partial charge in [0, 0.05) is 18.4 Å². The van der Waals surface area contributed by atoms with Gasteiger partial charge in [0.25, 0.3) is 11.6 Å². The molecule has 22 heavy (non-hydrogen) atoms. The fraction of sp³-hybridized carbons (Fsp3) is 0.385. The topological polar surface area (TPSA) is 108 Å². The molecule has 1 saturated heterocycles. The van der Waals surface area contributed by atoms with Crippen LogP contribution in [0.2, 0.25) is 5.02 Å². The van der Waals surface area contributed by atoms with Crippen LogP contribution in [0.4, 0.5) is 11.4 Å². The minimum absolute atomic E-state index is 0.0344. The van der Waals surface area contributed by atoms with E-state index in [0.717, 1.165) is 12.5 Å². The van der Waals surface area contributed by atoms with E-state index in [1.165, 1.54) is 12.1 Å². The Kier molecular flexibility index (Phi) is 5.29. The fourth-order valence-electron chi connectivity index (χ4n) is 1.92. The molecule has 1 atom stereocenters. The van der Waals surface area contributed by atoms with E-state index in [1.807, 2.05) is 0 Å². The maximum Gasteiger partial charge on any atom is 0.335 e. The lowest BCUT2D eigenvalue weighted by atomic mass is 10.2. The van der Waals surface area contributed by atoms with Crippen molar-refractivity contribution < 1.29 is 24.0 Å². The van der Waals surface area contributed by atoms with Crippen LogP contribution >= 0.6 is 11.6 Å². The van der Waals surface area contributed by atoms with Crippen LogP contribution < -0.4 is 5.32 Å². The number of halogens is 1. The Bertz CT molecular complexity index is 600. The van der Waals surface area contributed by atoms with Gasteiger partial charge in [0.1, 0.15) is 5.02 Å². The minimum Gasteiger partial charge on any atom is -0.454 e. The van der Waals surface area contributed by atoms with Crippen molar-refractivity contribution in [2.45, 2.75) is 18.9 Å². The minimum atomic E-state index is -0.657. The third kappa shape index (κ3) is 4.15. The molecule has 9 heteroatoms. The Balaban J connectivity index is 1.87. The number of esters is 1. The number of carbonyl (C=O) groups excluding carboxylic acids is 2. The molecule has 1 aromatic rings. The molecule has 0 unspecified atom stereocenters. The van der Waals surface area contributed by atoms with E-state index in [4.69, 9.17) is 21.1 Å². The highest BCUT2D eigenvalue weighted by Crippen LogP contribution is 2.27. The second kappa shape index (κ2) is 7.19. The van der Waals surface area contributed by atoms with Gasteiger partial charge in [-0.25, -0.2) is 4.79 Å². The van der Waals surface area contributed by atoms with E-state index >= 15 is 0 Å². The summed E-state index contributed by atoms with van der Waals surface area (Å²) in [5.41, 5.74) is -0.134. The molecule has 1 aliphatic rings. The first-order valence-corrected chi connectivity index (χ1v) is 6.87. The monoisotopic (exact) mass is 328 g/mol. The third-order valence-corrected chi connectivity index (χ3v) is 3.28. The van der Waals surface area contributed by atoms with Gasteiger partial charge in [0.2, 0.25) is 0 Å². The summed E-state index contributed by atoms with van der Waals surface area (Å²) in [6.45, 7) is 0.00945. The molecule has 0 spiro atoms. The van der Waals surface area contributed by atoms with Crippen molar-refractivity contribution in [3.63, 3.8) is 0 Å². The van der Waals surface area contributed by atoms with Crippen molar-refractivity contribution in [3.8, 4) is 0 Å². The largest absolute Gasteiger partial charge is 0.454 e. The van der Waals surface area contributed by atoms with Gasteiger partial charge in [-0.15, -0.1) is 0 Å². The van der Waals surface area contributed by atoms with E-state index < -0.39 is 29.5 Å². The Morgan fingerprint density at radius 2 is 2.27 bits per heavy atom. The number of nitrogens with one attached hydrogen (secondary N) is 1. The smallest absolute Gasteiger partial charge is 0.335 e. The van der Waals surface area contributed by atoms with Gasteiger partial charge in [0.15, 0.2) is 12.7 Å². The second-order valence-electron chi connectivity index (χ2n) is 4.58. The number of nitro benzene ring substituents is 1. The van der Waals surface area contributed by atoms with Gasteiger partial charge in [-0.1, -0.05) is 11.6 Å². The lowest BCUT2D eigenvalue weighted by Gasteiger charge is -2.10. The van der Waals surface area contributed by atoms with Crippen molar-refractivity contribution in [2.75, 3.05) is 18.5 Å². The molecule has 1 aromatic carbocycles. The highest BCUT2D eigenvalue weighted by Gasteiger charge is 2.25. The standard InChI is InChI=1S/C13H13ClN2O6/c14-9-4-3-8(6-10(9)16(19)20)15-12(17)7-22-13(18)11-2-1-5-21-11/h3-4,6,11H,1-2,5,7H2,(H,15,17)/t11-/m1/s1. The first-order valence-electron chi connectivity index (χ1n) is 6.49. The first kappa shape index (κ1) is 16.2. The molecule has 0 aromatic heterocycles. The van der Waals surface area contributed by atoms with Crippen LogP contribution in [0.5, 0.6) is 0 Å². The molecule has 2 rings (SSSR count). The third-order valence-electron chi connectivity index (χ3n) is 2.96. The number of anilines is 1. The Labute approximate surface area is 130 Å². The second-order valence-corrected chi connectivity index (χ2v) is 4.99. The van der Waals surface area contributed by atoms with Gasteiger partial charge in [-0.05, 0) is 25.0 Å². The predicted molar refractivity (Wildman–Crippen MR) is 76.7 cm³/mol. The van der Waals surface area contributed by atoms with E-state index in [-0.39, 0.29) is 16.4 Å². The van der Waals surface area contributed by atoms with Crippen molar-refractivity contribution in [1.82, 2.24) is 0 Å². The molecule has 0 bridgehead atoms. The average Bonchev–Trinajstić information content (AvgIpc) is 3.01. The summed E-state index contributed by atoms with van der Waals surface area (Å²) >= 11 is 5.67. The summed E-state index contributed by atoms with van der Waals surface area (Å²) in [6, 6.07) is 3.84. The summed E-state index contributed by atoms with van der Waals surface area (Å²) in [4.78, 5) is 33.3. The highest BCUT2D eigenvalue weighted by atomic mass is 35.5. The van der Waals surface area contributed by atoms with Crippen LogP contribution in [0, 0.1) is 10.1 Å². The quantitative estimate of drug-likeness (QED) is 0.502. The fourth-order valence-corrected chi connectivity index (χ4v) is 2.11. The van der Waals surface area contributed by atoms with E-state index in [2.05, 4.69) is 5.32 Å². The molecule has 0 saturated carbocycles. The van der Waals surface area contributed by atoms with Gasteiger partial charge >= 0.3 is 5.97 Å². The Hall–Kier alpha value is -2.19. The Morgan fingerprint density at radius 1 is 1.50 bits per heavy atom. The zero-order valence-corrected chi connectivity index (χ0v) is 12.2. The number of rotatable bonds is 5. The zero-order chi connectivity index (χ0) is 16.1. The molecule has 1 fully saturated rings. The van der Waals surface area contributed by atoms with Crippen molar-refractivity contribution in [2.24, 2.45) is 0 Å². The Morgan fingerprint density at radius 3 is 2.91 bits per heavy atom. The van der Waals surface area contributed by atoms with Gasteiger partial charge in [-0.3, -0.25) is 14.9 Å². The van der Waals surface area contributed by atoms with Crippen molar-refractivity contribution in [1.29, 1.82) is 0 Å². The first-order chi connectivity index (χ1) is 10.5. The molecule has 8 nitrogen and oxygen atoms in total. The molecular weight excluding hydrogens is 316 g/mol. The summed E-state index contributed by atoms with van der Waals surface area (Å²) < 4.78 is 9.95. The molecule has 1 amide bonds. The molecular formula is C13H13ClN2O6. The lowest BCUT2D eigenvalue weighted by Crippen LogP contribution is -2.27. The summed E-state index contributed by atoms with van der Waals surface area (Å²) in [5, 5.41) is 13.1. The van der Waals surface area contributed by atoms with Crippen LogP contribution in [0.3, 0.4) is 0 Å². The molecule has 0 aliphatic carbocycles. The predicted octanol–water partition coefficient (Wildman–Crippen LogP) is 1.91. The van der Waals surface area contributed by atoms with E-state index in [0.29, 0.717) is 13.0 Å². The maximum absolute atomic E-state index is 11.7. The van der Waals surface area contributed by atoms with Crippen LogP contribution in [0.15, 0.2) is 18.2 Å². The van der Waals surface area contributed by atoms with Crippen LogP contribution in [-0.4, -0.2) is 36.1 Å².